The van der Waals surface area contributed by atoms with Crippen LogP contribution in [-0.4, -0.2) is 14.8 Å². The fourth-order valence-corrected chi connectivity index (χ4v) is 19.2. The Kier molecular flexibility index (Phi) is 8.66. The quantitative estimate of drug-likeness (QED) is 0.158. The van der Waals surface area contributed by atoms with E-state index in [9.17, 15) is 0 Å². The third-order valence-electron chi connectivity index (χ3n) is 15.6. The van der Waals surface area contributed by atoms with Crippen LogP contribution in [0.1, 0.15) is 30.5 Å². The van der Waals surface area contributed by atoms with Gasteiger partial charge in [0.1, 0.15) is 0 Å². The lowest BCUT2D eigenvalue weighted by molar-refractivity contribution is 0.660. The lowest BCUT2D eigenvalue weighted by Gasteiger charge is -2.42. The zero-order valence-corrected chi connectivity index (χ0v) is 40.1. The highest BCUT2D eigenvalue weighted by Crippen LogP contribution is 2.51. The number of aryl methyl sites for hydroxylation is 1. The van der Waals surface area contributed by atoms with Gasteiger partial charge in [-0.2, -0.15) is 0 Å². The molecule has 0 spiro atoms. The van der Waals surface area contributed by atoms with Crippen molar-refractivity contribution in [1.29, 1.82) is 0 Å². The highest BCUT2D eigenvalue weighted by molar-refractivity contribution is 8.00. The molecule has 4 heteroatoms. The Balaban J connectivity index is 1.04. The van der Waals surface area contributed by atoms with E-state index < -0.39 is 8.07 Å². The van der Waals surface area contributed by atoms with Crippen molar-refractivity contribution in [2.45, 2.75) is 36.0 Å². The molecule has 0 amide bonds. The molecule has 10 aromatic carbocycles. The third kappa shape index (κ3) is 5.53. The molecule has 68 heavy (non-hydrogen) atoms. The first-order valence-electron chi connectivity index (χ1n) is 23.9. The number of hydrogen-bond acceptors (Lipinski definition) is 2. The van der Waals surface area contributed by atoms with Gasteiger partial charge in [0.15, 0.2) is 8.07 Å². The molecule has 3 heterocycles. The van der Waals surface area contributed by atoms with Gasteiger partial charge in [-0.25, -0.2) is 0 Å². The van der Waals surface area contributed by atoms with Gasteiger partial charge in [-0.05, 0) is 131 Å². The average Bonchev–Trinajstić information content (AvgIpc) is 3.80. The minimum atomic E-state index is -2.80. The molecule has 0 saturated carbocycles. The largest absolute Gasteiger partial charge is 0.311 e. The topological polar surface area (TPSA) is 3.24 Å². The molecule has 3 aliphatic heterocycles. The van der Waals surface area contributed by atoms with Gasteiger partial charge in [0.2, 0.25) is 6.71 Å². The lowest BCUT2D eigenvalue weighted by atomic mass is 9.34. The van der Waals surface area contributed by atoms with Gasteiger partial charge in [0.25, 0.3) is 0 Å². The Hall–Kier alpha value is -7.37. The highest BCUT2D eigenvalue weighted by Gasteiger charge is 2.51. The van der Waals surface area contributed by atoms with Gasteiger partial charge in [0.05, 0.1) is 5.69 Å². The van der Waals surface area contributed by atoms with Crippen molar-refractivity contribution < 1.29 is 0 Å². The number of nitrogens with zero attached hydrogens (tertiary/aromatic N) is 1. The molecule has 10 aromatic rings. The molecule has 0 unspecified atom stereocenters. The van der Waals surface area contributed by atoms with E-state index in [1.807, 2.05) is 11.8 Å². The van der Waals surface area contributed by atoms with E-state index in [0.717, 1.165) is 0 Å². The summed E-state index contributed by atoms with van der Waals surface area (Å²) in [6.07, 6.45) is 0. The number of anilines is 3. The Morgan fingerprint density at radius 1 is 0.412 bits per heavy atom. The summed E-state index contributed by atoms with van der Waals surface area (Å²) >= 11 is 1.95. The molecule has 320 valence electrons. The molecule has 14 rings (SSSR count). The zero-order chi connectivity index (χ0) is 45.3. The number of hydrogen-bond donors (Lipinski definition) is 0. The number of rotatable bonds is 5. The van der Waals surface area contributed by atoms with Crippen molar-refractivity contribution in [3.63, 3.8) is 0 Å². The van der Waals surface area contributed by atoms with Crippen LogP contribution in [0.15, 0.2) is 234 Å². The summed E-state index contributed by atoms with van der Waals surface area (Å²) in [6, 6.07) is 85.9. The van der Waals surface area contributed by atoms with Crippen LogP contribution >= 0.6 is 11.8 Å². The van der Waals surface area contributed by atoms with Gasteiger partial charge in [0, 0.05) is 32.1 Å². The Bertz CT molecular complexity index is 3670. The normalized spacial score (nSPS) is 14.8. The zero-order valence-electron chi connectivity index (χ0n) is 38.3. The molecule has 0 saturated heterocycles. The molecule has 0 radical (unpaired) electrons. The van der Waals surface area contributed by atoms with Crippen molar-refractivity contribution in [1.82, 2.24) is 0 Å². The maximum absolute atomic E-state index is 2.80. The number of fused-ring (bicyclic) bond motifs is 10. The summed E-state index contributed by atoms with van der Waals surface area (Å²) in [5.41, 5.74) is 22.3. The standard InChI is InChI=1S/C64H46BNSSi/c1-41-35-58-63-60(36-41)67-59-38-44(43-31-33-53-50(37-43)48-26-13-16-28-52(48)64(53,2)3)32-34-54(59)65(63)55-40-62-51(39-57(55)66(58)56-29-17-14-25-47(56)42-19-7-4-8-20-42)49-27-15-18-30-61(49)68(62,45-21-9-5-10-22-45)46-23-11-6-12-24-46/h4-40H,1-3H3. The Morgan fingerprint density at radius 2 is 1.03 bits per heavy atom. The van der Waals surface area contributed by atoms with Crippen molar-refractivity contribution in [2.75, 3.05) is 4.90 Å². The monoisotopic (exact) mass is 899 g/mol. The van der Waals surface area contributed by atoms with E-state index in [0.29, 0.717) is 0 Å². The third-order valence-corrected chi connectivity index (χ3v) is 21.6. The second-order valence-corrected chi connectivity index (χ2v) is 24.4. The van der Waals surface area contributed by atoms with E-state index in [2.05, 4.69) is 250 Å². The molecule has 0 atom stereocenters. The van der Waals surface area contributed by atoms with Crippen LogP contribution in [0.25, 0.3) is 44.5 Å². The Labute approximate surface area is 404 Å². The predicted octanol–water partition coefficient (Wildman–Crippen LogP) is 11.8. The molecular weight excluding hydrogens is 854 g/mol. The maximum atomic E-state index is 2.69. The first-order valence-corrected chi connectivity index (χ1v) is 26.8. The van der Waals surface area contributed by atoms with Crippen molar-refractivity contribution in [2.24, 2.45) is 0 Å². The molecule has 0 N–H and O–H groups in total. The Morgan fingerprint density at radius 3 is 1.79 bits per heavy atom. The van der Waals surface area contributed by atoms with Crippen molar-refractivity contribution >= 4 is 80.7 Å². The SMILES string of the molecule is Cc1cc2c3c(c1)N(c1ccccc1-c1ccccc1)c1cc4c(cc1B3c1ccc(-c3ccc5c(c3)-c3ccccc3C5(C)C)cc1S2)[Si](c1ccccc1)(c1ccccc1)c1ccccc1-4. The lowest BCUT2D eigenvalue weighted by Crippen LogP contribution is -2.73. The van der Waals surface area contributed by atoms with E-state index in [1.165, 1.54) is 125 Å². The fraction of sp³-hybridized carbons (Fsp3) is 0.0625. The maximum Gasteiger partial charge on any atom is 0.249 e. The molecule has 0 bridgehead atoms. The highest BCUT2D eigenvalue weighted by atomic mass is 32.2. The molecule has 4 aliphatic rings. The second kappa shape index (κ2) is 14.8. The van der Waals surface area contributed by atoms with Gasteiger partial charge in [-0.3, -0.25) is 0 Å². The summed E-state index contributed by atoms with van der Waals surface area (Å²) < 4.78 is 0. The van der Waals surface area contributed by atoms with Gasteiger partial charge >= 0.3 is 0 Å². The van der Waals surface area contributed by atoms with E-state index >= 15 is 0 Å². The summed E-state index contributed by atoms with van der Waals surface area (Å²) in [6.45, 7) is 7.03. The summed E-state index contributed by atoms with van der Waals surface area (Å²) in [5.74, 6) is 0. The summed E-state index contributed by atoms with van der Waals surface area (Å²) in [7, 11) is -2.80. The van der Waals surface area contributed by atoms with Gasteiger partial charge in [-0.15, -0.1) is 0 Å². The van der Waals surface area contributed by atoms with Crippen LogP contribution < -0.4 is 42.0 Å². The van der Waals surface area contributed by atoms with Crippen molar-refractivity contribution in [3.8, 4) is 44.5 Å². The molecule has 0 aromatic heterocycles. The first-order chi connectivity index (χ1) is 33.4. The number of benzene rings is 10. The second-order valence-electron chi connectivity index (χ2n) is 19.6. The van der Waals surface area contributed by atoms with Crippen LogP contribution in [0.5, 0.6) is 0 Å². The van der Waals surface area contributed by atoms with E-state index in [4.69, 9.17) is 0 Å². The van der Waals surface area contributed by atoms with Crippen LogP contribution in [0, 0.1) is 6.92 Å². The fourth-order valence-electron chi connectivity index (χ4n) is 12.7. The minimum absolute atomic E-state index is 0.0255. The molecule has 0 fully saturated rings. The minimum Gasteiger partial charge on any atom is -0.311 e. The van der Waals surface area contributed by atoms with Crippen LogP contribution in [0.4, 0.5) is 17.1 Å². The molecular formula is C64H46BNSSi. The van der Waals surface area contributed by atoms with Gasteiger partial charge < -0.3 is 4.90 Å². The summed E-state index contributed by atoms with van der Waals surface area (Å²) in [4.78, 5) is 5.30. The first kappa shape index (κ1) is 39.8. The summed E-state index contributed by atoms with van der Waals surface area (Å²) in [5, 5.41) is 5.77. The van der Waals surface area contributed by atoms with E-state index in [1.54, 1.807) is 0 Å². The van der Waals surface area contributed by atoms with Crippen LogP contribution in [-0.2, 0) is 5.41 Å². The smallest absolute Gasteiger partial charge is 0.249 e. The van der Waals surface area contributed by atoms with Crippen molar-refractivity contribution in [3.05, 3.63) is 241 Å². The van der Waals surface area contributed by atoms with Crippen LogP contribution in [0.2, 0.25) is 0 Å². The average molecular weight is 900 g/mol. The molecule has 1 aliphatic carbocycles. The number of para-hydroxylation sites is 1. The molecule has 1 nitrogen and oxygen atoms in total. The predicted molar refractivity (Wildman–Crippen MR) is 292 cm³/mol. The van der Waals surface area contributed by atoms with Gasteiger partial charge in [-0.1, -0.05) is 219 Å². The van der Waals surface area contributed by atoms with Crippen LogP contribution in [0.3, 0.4) is 0 Å². The van der Waals surface area contributed by atoms with E-state index in [-0.39, 0.29) is 12.1 Å².